The Labute approximate surface area is 86.2 Å². The van der Waals surface area contributed by atoms with Gasteiger partial charge in [0.1, 0.15) is 6.61 Å². The van der Waals surface area contributed by atoms with Gasteiger partial charge in [-0.1, -0.05) is 0 Å². The summed E-state index contributed by atoms with van der Waals surface area (Å²) in [5, 5.41) is 8.35. The van der Waals surface area contributed by atoms with Crippen molar-refractivity contribution in [3.05, 3.63) is 22.7 Å². The minimum absolute atomic E-state index is 0.494. The molecule has 2 heterocycles. The summed E-state index contributed by atoms with van der Waals surface area (Å²) in [6.07, 6.45) is 0. The summed E-state index contributed by atoms with van der Waals surface area (Å²) in [6.45, 7) is 0.494. The minimum atomic E-state index is 0.494. The van der Waals surface area contributed by atoms with Gasteiger partial charge in [-0.15, -0.1) is 0 Å². The molecule has 0 radical (unpaired) electrons. The molecule has 0 atom stereocenters. The van der Waals surface area contributed by atoms with Crippen LogP contribution in [0.1, 0.15) is 5.82 Å². The van der Waals surface area contributed by atoms with E-state index in [2.05, 4.69) is 10.1 Å². The van der Waals surface area contributed by atoms with Gasteiger partial charge in [-0.25, -0.2) is 4.98 Å². The molecule has 0 amide bonds. The lowest BCUT2D eigenvalue weighted by molar-refractivity contribution is 0.174. The van der Waals surface area contributed by atoms with Crippen molar-refractivity contribution in [1.82, 2.24) is 14.8 Å². The Hall–Kier alpha value is -1.20. The number of hydrogen-bond acceptors (Lipinski definition) is 4. The largest absolute Gasteiger partial charge is 0.377 e. The van der Waals surface area contributed by atoms with Gasteiger partial charge in [-0.3, -0.25) is 4.68 Å². The van der Waals surface area contributed by atoms with Crippen molar-refractivity contribution in [2.45, 2.75) is 6.61 Å². The highest BCUT2D eigenvalue weighted by atomic mass is 32.1. The Morgan fingerprint density at radius 2 is 2.43 bits per heavy atom. The van der Waals surface area contributed by atoms with Crippen LogP contribution in [0.5, 0.6) is 0 Å². The predicted molar refractivity (Wildman–Crippen MR) is 55.0 cm³/mol. The van der Waals surface area contributed by atoms with Crippen LogP contribution in [-0.2, 0) is 18.4 Å². The second kappa shape index (κ2) is 3.89. The summed E-state index contributed by atoms with van der Waals surface area (Å²) in [6, 6.07) is 2.01. The molecular weight excluding hydrogens is 198 g/mol. The molecule has 4 nitrogen and oxygen atoms in total. The van der Waals surface area contributed by atoms with Gasteiger partial charge in [0.2, 0.25) is 0 Å². The number of thiophene rings is 1. The van der Waals surface area contributed by atoms with E-state index in [0.29, 0.717) is 6.61 Å². The third kappa shape index (κ3) is 1.69. The van der Waals surface area contributed by atoms with E-state index < -0.39 is 0 Å². The average Bonchev–Trinajstić information content (AvgIpc) is 2.76. The van der Waals surface area contributed by atoms with Crippen LogP contribution in [0.3, 0.4) is 0 Å². The van der Waals surface area contributed by atoms with Crippen LogP contribution in [-0.4, -0.2) is 21.9 Å². The molecule has 5 heteroatoms. The number of methoxy groups -OCH3 is 1. The zero-order chi connectivity index (χ0) is 9.97. The first-order chi connectivity index (χ1) is 6.81. The summed E-state index contributed by atoms with van der Waals surface area (Å²) < 4.78 is 6.77. The Kier molecular flexibility index (Phi) is 2.60. The lowest BCUT2D eigenvalue weighted by Gasteiger charge is -1.94. The lowest BCUT2D eigenvalue weighted by Crippen LogP contribution is -2.00. The van der Waals surface area contributed by atoms with Crippen LogP contribution in [0.25, 0.3) is 11.4 Å². The second-order valence-electron chi connectivity index (χ2n) is 2.92. The summed E-state index contributed by atoms with van der Waals surface area (Å²) in [5.41, 5.74) is 1.06. The fourth-order valence-corrected chi connectivity index (χ4v) is 1.82. The van der Waals surface area contributed by atoms with E-state index in [4.69, 9.17) is 4.74 Å². The molecule has 74 valence electrons. The van der Waals surface area contributed by atoms with Gasteiger partial charge in [0.25, 0.3) is 0 Å². The summed E-state index contributed by atoms with van der Waals surface area (Å²) in [7, 11) is 3.52. The summed E-state index contributed by atoms with van der Waals surface area (Å²) >= 11 is 1.64. The summed E-state index contributed by atoms with van der Waals surface area (Å²) in [5.74, 6) is 1.61. The van der Waals surface area contributed by atoms with Crippen LogP contribution in [0, 0.1) is 0 Å². The van der Waals surface area contributed by atoms with E-state index >= 15 is 0 Å². The molecule has 0 unspecified atom stereocenters. The topological polar surface area (TPSA) is 39.9 Å². The van der Waals surface area contributed by atoms with E-state index in [0.717, 1.165) is 17.2 Å². The first-order valence-electron chi connectivity index (χ1n) is 4.22. The molecule has 0 saturated carbocycles. The van der Waals surface area contributed by atoms with Crippen molar-refractivity contribution in [3.8, 4) is 11.4 Å². The maximum atomic E-state index is 5.02. The van der Waals surface area contributed by atoms with Gasteiger partial charge in [-0.05, 0) is 11.4 Å². The first kappa shape index (κ1) is 9.36. The average molecular weight is 209 g/mol. The monoisotopic (exact) mass is 209 g/mol. The Bertz CT molecular complexity index is 408. The first-order valence-corrected chi connectivity index (χ1v) is 5.17. The zero-order valence-electron chi connectivity index (χ0n) is 8.10. The molecule has 0 N–H and O–H groups in total. The van der Waals surface area contributed by atoms with Crippen LogP contribution >= 0.6 is 11.3 Å². The van der Waals surface area contributed by atoms with Gasteiger partial charge in [0.15, 0.2) is 11.6 Å². The molecule has 2 rings (SSSR count). The molecule has 2 aromatic rings. The van der Waals surface area contributed by atoms with Gasteiger partial charge in [0, 0.05) is 25.1 Å². The molecule has 0 aliphatic rings. The zero-order valence-corrected chi connectivity index (χ0v) is 8.91. The predicted octanol–water partition coefficient (Wildman–Crippen LogP) is 1.69. The van der Waals surface area contributed by atoms with Crippen molar-refractivity contribution in [2.75, 3.05) is 7.11 Å². The molecule has 0 bridgehead atoms. The minimum Gasteiger partial charge on any atom is -0.377 e. The van der Waals surface area contributed by atoms with Gasteiger partial charge < -0.3 is 4.74 Å². The molecule has 0 saturated heterocycles. The highest BCUT2D eigenvalue weighted by molar-refractivity contribution is 7.08. The van der Waals surface area contributed by atoms with Gasteiger partial charge in [0.05, 0.1) is 0 Å². The third-order valence-corrected chi connectivity index (χ3v) is 2.59. The lowest BCUT2D eigenvalue weighted by atomic mass is 10.3. The van der Waals surface area contributed by atoms with Crippen molar-refractivity contribution in [3.63, 3.8) is 0 Å². The van der Waals surface area contributed by atoms with Crippen LogP contribution in [0.15, 0.2) is 16.8 Å². The maximum absolute atomic E-state index is 5.02. The molecular formula is C9H11N3OS. The van der Waals surface area contributed by atoms with Crippen molar-refractivity contribution in [1.29, 1.82) is 0 Å². The molecule has 0 spiro atoms. The highest BCUT2D eigenvalue weighted by Crippen LogP contribution is 2.18. The Morgan fingerprint density at radius 3 is 3.07 bits per heavy atom. The van der Waals surface area contributed by atoms with Gasteiger partial charge >= 0.3 is 0 Å². The van der Waals surface area contributed by atoms with E-state index in [1.807, 2.05) is 23.9 Å². The normalized spacial score (nSPS) is 10.7. The number of hydrogen-bond donors (Lipinski definition) is 0. The van der Waals surface area contributed by atoms with E-state index in [1.165, 1.54) is 0 Å². The fraction of sp³-hybridized carbons (Fsp3) is 0.333. The molecule has 2 aromatic heterocycles. The number of ether oxygens (including phenoxy) is 1. The second-order valence-corrected chi connectivity index (χ2v) is 3.70. The van der Waals surface area contributed by atoms with Crippen LogP contribution in [0.2, 0.25) is 0 Å². The summed E-state index contributed by atoms with van der Waals surface area (Å²) in [4.78, 5) is 4.38. The maximum Gasteiger partial charge on any atom is 0.182 e. The SMILES string of the molecule is COCc1nc(-c2ccsc2)nn1C. The third-order valence-electron chi connectivity index (χ3n) is 1.91. The van der Waals surface area contributed by atoms with Crippen LogP contribution < -0.4 is 0 Å². The smallest absolute Gasteiger partial charge is 0.182 e. The van der Waals surface area contributed by atoms with Crippen molar-refractivity contribution < 1.29 is 4.74 Å². The van der Waals surface area contributed by atoms with Gasteiger partial charge in [-0.2, -0.15) is 16.4 Å². The number of rotatable bonds is 3. The van der Waals surface area contributed by atoms with E-state index in [-0.39, 0.29) is 0 Å². The standard InChI is InChI=1S/C9H11N3OS/c1-12-8(5-13-2)10-9(11-12)7-3-4-14-6-7/h3-4,6H,5H2,1-2H3. The molecule has 0 fully saturated rings. The van der Waals surface area contributed by atoms with E-state index in [1.54, 1.807) is 23.1 Å². The highest BCUT2D eigenvalue weighted by Gasteiger charge is 2.08. The quantitative estimate of drug-likeness (QED) is 0.772. The van der Waals surface area contributed by atoms with Crippen molar-refractivity contribution in [2.24, 2.45) is 7.05 Å². The number of aromatic nitrogens is 3. The number of aryl methyl sites for hydroxylation is 1. The number of nitrogens with zero attached hydrogens (tertiary/aromatic N) is 3. The fourth-order valence-electron chi connectivity index (χ4n) is 1.19. The molecule has 0 aliphatic carbocycles. The van der Waals surface area contributed by atoms with Crippen LogP contribution in [0.4, 0.5) is 0 Å². The Morgan fingerprint density at radius 1 is 1.57 bits per heavy atom. The molecule has 0 aromatic carbocycles. The van der Waals surface area contributed by atoms with Crippen molar-refractivity contribution >= 4 is 11.3 Å². The Balaban J connectivity index is 2.33. The molecule has 0 aliphatic heterocycles. The molecule has 14 heavy (non-hydrogen) atoms. The van der Waals surface area contributed by atoms with E-state index in [9.17, 15) is 0 Å².